The van der Waals surface area contributed by atoms with E-state index in [0.717, 1.165) is 24.1 Å². The highest BCUT2D eigenvalue weighted by molar-refractivity contribution is 7.89. The van der Waals surface area contributed by atoms with Gasteiger partial charge in [-0.3, -0.25) is 4.79 Å². The lowest BCUT2D eigenvalue weighted by molar-refractivity contribution is -0.120. The van der Waals surface area contributed by atoms with Gasteiger partial charge in [-0.1, -0.05) is 24.1 Å². The Morgan fingerprint density at radius 1 is 1.19 bits per heavy atom. The van der Waals surface area contributed by atoms with Gasteiger partial charge in [-0.2, -0.15) is 4.31 Å². The molecule has 0 radical (unpaired) electrons. The number of aryl methyl sites for hydroxylation is 1. The fourth-order valence-corrected chi connectivity index (χ4v) is 4.93. The summed E-state index contributed by atoms with van der Waals surface area (Å²) < 4.78 is 40.3. The minimum Gasteiger partial charge on any atom is -0.325 e. The second-order valence-corrected chi connectivity index (χ2v) is 8.83. The Kier molecular flexibility index (Phi) is 5.83. The maximum absolute atomic E-state index is 13.1. The van der Waals surface area contributed by atoms with E-state index in [1.807, 2.05) is 6.92 Å². The van der Waals surface area contributed by atoms with Crippen molar-refractivity contribution in [2.45, 2.75) is 37.1 Å². The summed E-state index contributed by atoms with van der Waals surface area (Å²) in [5.74, 6) is -0.918. The number of anilines is 1. The first-order chi connectivity index (χ1) is 12.8. The first-order valence-corrected chi connectivity index (χ1v) is 10.5. The number of sulfonamides is 1. The van der Waals surface area contributed by atoms with Crippen molar-refractivity contribution in [3.8, 4) is 0 Å². The van der Waals surface area contributed by atoms with Gasteiger partial charge in [0.25, 0.3) is 0 Å². The number of nitrogens with zero attached hydrogens (tertiary/aromatic N) is 1. The molecule has 2 aromatic carbocycles. The summed E-state index contributed by atoms with van der Waals surface area (Å²) >= 11 is 6.09. The number of carbonyl (C=O) groups excluding carboxylic acids is 1. The lowest BCUT2D eigenvalue weighted by Crippen LogP contribution is -2.49. The lowest BCUT2D eigenvalue weighted by Gasteiger charge is -2.33. The van der Waals surface area contributed by atoms with Crippen molar-refractivity contribution in [3.63, 3.8) is 0 Å². The van der Waals surface area contributed by atoms with Crippen molar-refractivity contribution in [2.24, 2.45) is 0 Å². The summed E-state index contributed by atoms with van der Waals surface area (Å²) in [6.45, 7) is 2.10. The Balaban J connectivity index is 1.85. The zero-order valence-corrected chi connectivity index (χ0v) is 16.4. The molecule has 27 heavy (non-hydrogen) atoms. The third-order valence-corrected chi connectivity index (χ3v) is 6.95. The predicted molar refractivity (Wildman–Crippen MR) is 103 cm³/mol. The molecule has 0 unspecified atom stereocenters. The number of nitrogens with one attached hydrogen (secondary N) is 1. The van der Waals surface area contributed by atoms with Gasteiger partial charge in [0.15, 0.2) is 0 Å². The average molecular weight is 411 g/mol. The summed E-state index contributed by atoms with van der Waals surface area (Å²) in [5.41, 5.74) is 1.40. The van der Waals surface area contributed by atoms with Crippen molar-refractivity contribution in [3.05, 3.63) is 58.9 Å². The van der Waals surface area contributed by atoms with E-state index in [4.69, 9.17) is 11.6 Å². The minimum atomic E-state index is -3.90. The Morgan fingerprint density at radius 2 is 1.89 bits per heavy atom. The number of carbonyl (C=O) groups is 1. The average Bonchev–Trinajstić information content (AvgIpc) is 2.65. The SMILES string of the molecule is Cc1ccc(NC(=O)[C@@H]2CCCCN2S(=O)(=O)c2ccc(F)cc2)cc1Cl. The van der Waals surface area contributed by atoms with Gasteiger partial charge in [-0.15, -0.1) is 0 Å². The smallest absolute Gasteiger partial charge is 0.243 e. The maximum atomic E-state index is 13.1. The van der Waals surface area contributed by atoms with Crippen molar-refractivity contribution in [2.75, 3.05) is 11.9 Å². The van der Waals surface area contributed by atoms with Gasteiger partial charge in [0, 0.05) is 17.3 Å². The van der Waals surface area contributed by atoms with Gasteiger partial charge in [0.05, 0.1) is 4.90 Å². The molecule has 0 spiro atoms. The van der Waals surface area contributed by atoms with Crippen LogP contribution in [0.4, 0.5) is 10.1 Å². The second kappa shape index (κ2) is 7.96. The van der Waals surface area contributed by atoms with E-state index in [1.165, 1.54) is 16.4 Å². The van der Waals surface area contributed by atoms with Crippen LogP contribution in [0, 0.1) is 12.7 Å². The largest absolute Gasteiger partial charge is 0.325 e. The normalized spacial score (nSPS) is 18.3. The Hall–Kier alpha value is -1.96. The van der Waals surface area contributed by atoms with Gasteiger partial charge in [-0.05, 0) is 61.7 Å². The van der Waals surface area contributed by atoms with E-state index in [1.54, 1.807) is 18.2 Å². The number of hydrogen-bond donors (Lipinski definition) is 1. The third kappa shape index (κ3) is 4.31. The Morgan fingerprint density at radius 3 is 2.56 bits per heavy atom. The fourth-order valence-electron chi connectivity index (χ4n) is 3.09. The highest BCUT2D eigenvalue weighted by Gasteiger charge is 2.37. The lowest BCUT2D eigenvalue weighted by atomic mass is 10.0. The molecular weight excluding hydrogens is 391 g/mol. The topological polar surface area (TPSA) is 66.5 Å². The molecular formula is C19H20ClFN2O3S. The summed E-state index contributed by atoms with van der Waals surface area (Å²) in [4.78, 5) is 12.8. The van der Waals surface area contributed by atoms with Crippen molar-refractivity contribution in [1.29, 1.82) is 0 Å². The molecule has 0 saturated carbocycles. The van der Waals surface area contributed by atoms with Crippen molar-refractivity contribution < 1.29 is 17.6 Å². The molecule has 0 aliphatic carbocycles. The number of benzene rings is 2. The van der Waals surface area contributed by atoms with Crippen LogP contribution in [0.1, 0.15) is 24.8 Å². The number of piperidine rings is 1. The molecule has 2 aromatic rings. The van der Waals surface area contributed by atoms with Crippen LogP contribution < -0.4 is 5.32 Å². The molecule has 1 fully saturated rings. The van der Waals surface area contributed by atoms with E-state index in [2.05, 4.69) is 5.32 Å². The molecule has 0 bridgehead atoms. The first-order valence-electron chi connectivity index (χ1n) is 8.63. The van der Waals surface area contributed by atoms with Gasteiger partial charge in [0.1, 0.15) is 11.9 Å². The number of hydrogen-bond acceptors (Lipinski definition) is 3. The quantitative estimate of drug-likeness (QED) is 0.829. The van der Waals surface area contributed by atoms with E-state index >= 15 is 0 Å². The van der Waals surface area contributed by atoms with Crippen LogP contribution in [-0.2, 0) is 14.8 Å². The van der Waals surface area contributed by atoms with E-state index in [0.29, 0.717) is 23.6 Å². The number of amides is 1. The van der Waals surface area contributed by atoms with Gasteiger partial charge in [-0.25, -0.2) is 12.8 Å². The molecule has 1 aliphatic heterocycles. The van der Waals surface area contributed by atoms with Crippen LogP contribution in [0.25, 0.3) is 0 Å². The van der Waals surface area contributed by atoms with Crippen LogP contribution in [0.3, 0.4) is 0 Å². The molecule has 1 amide bonds. The number of halogens is 2. The van der Waals surface area contributed by atoms with E-state index in [-0.39, 0.29) is 11.4 Å². The minimum absolute atomic E-state index is 0.0259. The third-order valence-electron chi connectivity index (χ3n) is 4.62. The van der Waals surface area contributed by atoms with Crippen LogP contribution in [-0.4, -0.2) is 31.2 Å². The zero-order chi connectivity index (χ0) is 19.6. The Bertz CT molecular complexity index is 948. The van der Waals surface area contributed by atoms with E-state index < -0.39 is 27.8 Å². The van der Waals surface area contributed by atoms with E-state index in [9.17, 15) is 17.6 Å². The molecule has 1 atom stereocenters. The standard InChI is InChI=1S/C19H20ClFN2O3S/c1-13-5-8-15(12-17(13)20)22-19(24)18-4-2-3-11-23(18)27(25,26)16-9-6-14(21)7-10-16/h5-10,12,18H,2-4,11H2,1H3,(H,22,24)/t18-/m0/s1. The maximum Gasteiger partial charge on any atom is 0.243 e. The van der Waals surface area contributed by atoms with Crippen LogP contribution in [0.5, 0.6) is 0 Å². The van der Waals surface area contributed by atoms with Crippen molar-refractivity contribution >= 4 is 33.2 Å². The fraction of sp³-hybridized carbons (Fsp3) is 0.316. The molecule has 1 N–H and O–H groups in total. The molecule has 144 valence electrons. The predicted octanol–water partition coefficient (Wildman–Crippen LogP) is 3.97. The summed E-state index contributed by atoms with van der Waals surface area (Å²) in [7, 11) is -3.90. The molecule has 0 aromatic heterocycles. The van der Waals surface area contributed by atoms with Crippen LogP contribution in [0.15, 0.2) is 47.4 Å². The molecule has 1 aliphatic rings. The molecule has 5 nitrogen and oxygen atoms in total. The van der Waals surface area contributed by atoms with Crippen LogP contribution in [0.2, 0.25) is 5.02 Å². The monoisotopic (exact) mass is 410 g/mol. The van der Waals surface area contributed by atoms with Crippen LogP contribution >= 0.6 is 11.6 Å². The summed E-state index contributed by atoms with van der Waals surface area (Å²) in [6.07, 6.45) is 1.84. The molecule has 1 saturated heterocycles. The molecule has 3 rings (SSSR count). The highest BCUT2D eigenvalue weighted by Crippen LogP contribution is 2.27. The highest BCUT2D eigenvalue weighted by atomic mass is 35.5. The summed E-state index contributed by atoms with van der Waals surface area (Å²) in [6, 6.07) is 8.94. The zero-order valence-electron chi connectivity index (χ0n) is 14.8. The van der Waals surface area contributed by atoms with Gasteiger partial charge >= 0.3 is 0 Å². The molecule has 8 heteroatoms. The second-order valence-electron chi connectivity index (χ2n) is 6.53. The van der Waals surface area contributed by atoms with Gasteiger partial charge in [0.2, 0.25) is 15.9 Å². The van der Waals surface area contributed by atoms with Gasteiger partial charge < -0.3 is 5.32 Å². The Labute approximate surface area is 163 Å². The number of rotatable bonds is 4. The first kappa shape index (κ1) is 19.8. The summed E-state index contributed by atoms with van der Waals surface area (Å²) in [5, 5.41) is 3.27. The molecule has 1 heterocycles. The van der Waals surface area contributed by atoms with Crippen molar-refractivity contribution in [1.82, 2.24) is 4.31 Å².